The summed E-state index contributed by atoms with van der Waals surface area (Å²) >= 11 is 0. The number of carbonyl (C=O) groups excluding carboxylic acids is 1. The quantitative estimate of drug-likeness (QED) is 0.876. The van der Waals surface area contributed by atoms with Crippen molar-refractivity contribution in [2.24, 2.45) is 0 Å². The number of nitrogens with zero attached hydrogens (tertiary/aromatic N) is 2. The zero-order valence-electron chi connectivity index (χ0n) is 14.9. The van der Waals surface area contributed by atoms with E-state index in [4.69, 9.17) is 4.52 Å². The van der Waals surface area contributed by atoms with E-state index in [1.165, 1.54) is 31.2 Å². The molecule has 2 heterocycles. The first-order chi connectivity index (χ1) is 12.2. The Labute approximate surface area is 149 Å². The maximum Gasteiger partial charge on any atom is 0.227 e. The number of amides is 1. The monoisotopic (exact) mass is 341 g/mol. The van der Waals surface area contributed by atoms with E-state index in [2.05, 4.69) is 39.6 Å². The van der Waals surface area contributed by atoms with Crippen molar-refractivity contribution in [3.05, 3.63) is 53.4 Å². The largest absolute Gasteiger partial charge is 0.361 e. The van der Waals surface area contributed by atoms with Gasteiger partial charge >= 0.3 is 0 Å². The zero-order chi connectivity index (χ0) is 17.5. The molecule has 2 aromatic rings. The summed E-state index contributed by atoms with van der Waals surface area (Å²) in [6, 6.07) is 12.5. The van der Waals surface area contributed by atoms with Crippen LogP contribution in [0.5, 0.6) is 0 Å². The molecule has 1 fully saturated rings. The number of aromatic nitrogens is 1. The van der Waals surface area contributed by atoms with Gasteiger partial charge in [0.25, 0.3) is 0 Å². The molecule has 0 aliphatic carbocycles. The van der Waals surface area contributed by atoms with Crippen LogP contribution in [0.2, 0.25) is 0 Å². The number of aryl methyl sites for hydroxylation is 1. The Kier molecular flexibility index (Phi) is 6.23. The third-order valence-corrected chi connectivity index (χ3v) is 4.77. The van der Waals surface area contributed by atoms with Gasteiger partial charge in [0.05, 0.1) is 18.2 Å². The van der Waals surface area contributed by atoms with Crippen LogP contribution >= 0.6 is 0 Å². The molecular formula is C20H27N3O2. The molecule has 1 saturated heterocycles. The Hall–Kier alpha value is -2.14. The van der Waals surface area contributed by atoms with Gasteiger partial charge in [-0.25, -0.2) is 0 Å². The molecule has 3 rings (SSSR count). The Morgan fingerprint density at radius 1 is 1.20 bits per heavy atom. The molecule has 1 aliphatic rings. The van der Waals surface area contributed by atoms with Crippen molar-refractivity contribution in [3.8, 4) is 0 Å². The zero-order valence-corrected chi connectivity index (χ0v) is 14.9. The minimum atomic E-state index is -0.0214. The summed E-state index contributed by atoms with van der Waals surface area (Å²) in [6.45, 7) is 4.67. The molecule has 1 N–H and O–H groups in total. The van der Waals surface area contributed by atoms with Crippen LogP contribution in [-0.4, -0.2) is 35.6 Å². The highest BCUT2D eigenvalue weighted by atomic mass is 16.5. The van der Waals surface area contributed by atoms with Crippen LogP contribution < -0.4 is 5.32 Å². The van der Waals surface area contributed by atoms with Gasteiger partial charge in [-0.3, -0.25) is 9.69 Å². The van der Waals surface area contributed by atoms with Crippen molar-refractivity contribution in [1.82, 2.24) is 15.4 Å². The number of likely N-dealkylation sites (tertiary alicyclic amines) is 1. The van der Waals surface area contributed by atoms with Gasteiger partial charge in [0, 0.05) is 12.6 Å². The lowest BCUT2D eigenvalue weighted by Gasteiger charge is -2.31. The predicted molar refractivity (Wildman–Crippen MR) is 97.2 cm³/mol. The van der Waals surface area contributed by atoms with Crippen LogP contribution in [0.15, 0.2) is 40.9 Å². The third-order valence-electron chi connectivity index (χ3n) is 4.77. The molecule has 1 atom stereocenters. The lowest BCUT2D eigenvalue weighted by Crippen LogP contribution is -2.39. The van der Waals surface area contributed by atoms with Crippen LogP contribution in [0.4, 0.5) is 0 Å². The average molecular weight is 341 g/mol. The van der Waals surface area contributed by atoms with Gasteiger partial charge in [0.2, 0.25) is 5.91 Å². The summed E-state index contributed by atoms with van der Waals surface area (Å²) in [7, 11) is 0. The molecular weight excluding hydrogens is 314 g/mol. The molecule has 0 radical (unpaired) electrons. The normalized spacial score (nSPS) is 17.0. The van der Waals surface area contributed by atoms with E-state index in [-0.39, 0.29) is 18.4 Å². The molecule has 25 heavy (non-hydrogen) atoms. The third kappa shape index (κ3) is 5.16. The van der Waals surface area contributed by atoms with E-state index < -0.39 is 0 Å². The van der Waals surface area contributed by atoms with E-state index in [1.807, 2.05) is 19.1 Å². The second-order valence-corrected chi connectivity index (χ2v) is 6.79. The van der Waals surface area contributed by atoms with E-state index in [0.717, 1.165) is 18.8 Å². The molecule has 1 aromatic heterocycles. The summed E-state index contributed by atoms with van der Waals surface area (Å²) in [5, 5.41) is 6.92. The van der Waals surface area contributed by atoms with Crippen LogP contribution in [0.25, 0.3) is 0 Å². The number of hydrogen-bond donors (Lipinski definition) is 1. The van der Waals surface area contributed by atoms with E-state index in [1.54, 1.807) is 0 Å². The first-order valence-electron chi connectivity index (χ1n) is 9.20. The Balaban J connectivity index is 1.63. The molecule has 134 valence electrons. The number of benzene rings is 1. The SMILES string of the molecule is Cc1cc(CC(=O)NC[C@H](c2ccccc2)N2CCCCCC2)on1. The van der Waals surface area contributed by atoms with E-state index in [0.29, 0.717) is 12.3 Å². The van der Waals surface area contributed by atoms with Crippen molar-refractivity contribution < 1.29 is 9.32 Å². The first kappa shape index (κ1) is 17.7. The van der Waals surface area contributed by atoms with Crippen molar-refractivity contribution in [1.29, 1.82) is 0 Å². The fraction of sp³-hybridized carbons (Fsp3) is 0.500. The molecule has 1 aliphatic heterocycles. The van der Waals surface area contributed by atoms with Gasteiger partial charge in [-0.05, 0) is 38.4 Å². The summed E-state index contributed by atoms with van der Waals surface area (Å²) < 4.78 is 5.14. The van der Waals surface area contributed by atoms with Crippen LogP contribution in [0.3, 0.4) is 0 Å². The maximum atomic E-state index is 12.3. The highest BCUT2D eigenvalue weighted by molar-refractivity contribution is 5.77. The minimum absolute atomic E-state index is 0.0214. The molecule has 0 saturated carbocycles. The van der Waals surface area contributed by atoms with Crippen LogP contribution in [0, 0.1) is 6.92 Å². The molecule has 1 amide bonds. The van der Waals surface area contributed by atoms with Gasteiger partial charge in [-0.1, -0.05) is 48.3 Å². The highest BCUT2D eigenvalue weighted by Gasteiger charge is 2.22. The summed E-state index contributed by atoms with van der Waals surface area (Å²) in [6.07, 6.45) is 5.30. The van der Waals surface area contributed by atoms with Gasteiger partial charge < -0.3 is 9.84 Å². The van der Waals surface area contributed by atoms with Crippen molar-refractivity contribution >= 4 is 5.91 Å². The fourth-order valence-corrected chi connectivity index (χ4v) is 3.47. The maximum absolute atomic E-state index is 12.3. The summed E-state index contributed by atoms with van der Waals surface area (Å²) in [5.74, 6) is 0.591. The number of rotatable bonds is 6. The second-order valence-electron chi connectivity index (χ2n) is 6.79. The minimum Gasteiger partial charge on any atom is -0.361 e. The molecule has 5 nitrogen and oxygen atoms in total. The van der Waals surface area contributed by atoms with Gasteiger partial charge in [0.15, 0.2) is 0 Å². The smallest absolute Gasteiger partial charge is 0.227 e. The number of nitrogens with one attached hydrogen (secondary N) is 1. The Morgan fingerprint density at radius 3 is 2.56 bits per heavy atom. The molecule has 5 heteroatoms. The lowest BCUT2D eigenvalue weighted by atomic mass is 10.0. The molecule has 0 spiro atoms. The van der Waals surface area contributed by atoms with Crippen molar-refractivity contribution in [3.63, 3.8) is 0 Å². The van der Waals surface area contributed by atoms with Gasteiger partial charge in [-0.15, -0.1) is 0 Å². The van der Waals surface area contributed by atoms with E-state index in [9.17, 15) is 4.79 Å². The Bertz CT molecular complexity index is 661. The van der Waals surface area contributed by atoms with E-state index >= 15 is 0 Å². The fourth-order valence-electron chi connectivity index (χ4n) is 3.47. The lowest BCUT2D eigenvalue weighted by molar-refractivity contribution is -0.121. The van der Waals surface area contributed by atoms with Crippen LogP contribution in [-0.2, 0) is 11.2 Å². The molecule has 0 unspecified atom stereocenters. The molecule has 0 bridgehead atoms. The second kappa shape index (κ2) is 8.81. The van der Waals surface area contributed by atoms with Gasteiger partial charge in [0.1, 0.15) is 5.76 Å². The number of hydrogen-bond acceptors (Lipinski definition) is 4. The number of carbonyl (C=O) groups is 1. The highest BCUT2D eigenvalue weighted by Crippen LogP contribution is 2.23. The molecule has 1 aromatic carbocycles. The first-order valence-corrected chi connectivity index (χ1v) is 9.20. The van der Waals surface area contributed by atoms with Crippen molar-refractivity contribution in [2.45, 2.75) is 45.1 Å². The average Bonchev–Trinajstić information content (AvgIpc) is 2.86. The standard InChI is InChI=1S/C20H27N3O2/c1-16-13-18(25-22-16)14-20(24)21-15-19(17-9-5-4-6-10-17)23-11-7-2-3-8-12-23/h4-6,9-10,13,19H,2-3,7-8,11-12,14-15H2,1H3,(H,21,24)/t19-/m1/s1. The van der Waals surface area contributed by atoms with Gasteiger partial charge in [-0.2, -0.15) is 0 Å². The predicted octanol–water partition coefficient (Wildman–Crippen LogP) is 3.26. The van der Waals surface area contributed by atoms with Crippen LogP contribution in [0.1, 0.15) is 48.7 Å². The topological polar surface area (TPSA) is 58.4 Å². The summed E-state index contributed by atoms with van der Waals surface area (Å²) in [5.41, 5.74) is 2.06. The van der Waals surface area contributed by atoms with Crippen molar-refractivity contribution in [2.75, 3.05) is 19.6 Å². The summed E-state index contributed by atoms with van der Waals surface area (Å²) in [4.78, 5) is 14.8. The Morgan fingerprint density at radius 2 is 1.92 bits per heavy atom.